The van der Waals surface area contributed by atoms with Crippen LogP contribution < -0.4 is 5.73 Å². The number of hydrogen-bond acceptors (Lipinski definition) is 4. The number of aryl methyl sites for hydroxylation is 1. The second-order valence-electron chi connectivity index (χ2n) is 4.87. The number of benzene rings is 1. The Bertz CT molecular complexity index is 679. The lowest BCUT2D eigenvalue weighted by Crippen LogP contribution is -2.04. The topological polar surface area (TPSA) is 87.0 Å². The van der Waals surface area contributed by atoms with E-state index in [4.69, 9.17) is 5.73 Å². The van der Waals surface area contributed by atoms with Crippen molar-refractivity contribution in [2.45, 2.75) is 26.7 Å². The zero-order chi connectivity index (χ0) is 15.0. The number of nitrogens with two attached hydrogens (primary N) is 1. The molecule has 0 aliphatic heterocycles. The molecule has 1 aromatic heterocycles. The number of anilines is 1. The highest BCUT2D eigenvalue weighted by Crippen LogP contribution is 2.34. The van der Waals surface area contributed by atoms with Crippen LogP contribution in [0.25, 0.3) is 5.69 Å². The number of hydrogen-bond donors (Lipinski definition) is 1. The summed E-state index contributed by atoms with van der Waals surface area (Å²) in [5, 5.41) is 15.5. The van der Waals surface area contributed by atoms with E-state index >= 15 is 0 Å². The first-order valence-electron chi connectivity index (χ1n) is 6.12. The number of nitrogens with zero attached hydrogens (tertiary/aromatic N) is 3. The van der Waals surface area contributed by atoms with E-state index in [9.17, 15) is 10.1 Å². The van der Waals surface area contributed by atoms with Gasteiger partial charge in [0.15, 0.2) is 0 Å². The second kappa shape index (κ2) is 5.24. The lowest BCUT2D eigenvalue weighted by Gasteiger charge is -2.07. The molecule has 0 saturated heterocycles. The maximum absolute atomic E-state index is 11.2. The molecule has 1 heterocycles. The van der Waals surface area contributed by atoms with Crippen molar-refractivity contribution in [2.24, 2.45) is 0 Å². The Morgan fingerprint density at radius 1 is 1.45 bits per heavy atom. The van der Waals surface area contributed by atoms with Gasteiger partial charge < -0.3 is 5.73 Å². The summed E-state index contributed by atoms with van der Waals surface area (Å²) in [4.78, 5) is 10.7. The monoisotopic (exact) mass is 338 g/mol. The zero-order valence-electron chi connectivity index (χ0n) is 11.4. The van der Waals surface area contributed by atoms with E-state index in [-0.39, 0.29) is 17.4 Å². The van der Waals surface area contributed by atoms with Crippen LogP contribution in [0.4, 0.5) is 11.5 Å². The molecule has 6 nitrogen and oxygen atoms in total. The van der Waals surface area contributed by atoms with Crippen LogP contribution in [-0.2, 0) is 0 Å². The van der Waals surface area contributed by atoms with E-state index < -0.39 is 4.92 Å². The molecule has 0 amide bonds. The van der Waals surface area contributed by atoms with Crippen LogP contribution in [0.1, 0.15) is 31.0 Å². The third-order valence-corrected chi connectivity index (χ3v) is 3.53. The molecule has 0 fully saturated rings. The Hall–Kier alpha value is -1.89. The quantitative estimate of drug-likeness (QED) is 0.684. The molecule has 0 atom stereocenters. The Kier molecular flexibility index (Phi) is 3.80. The van der Waals surface area contributed by atoms with Gasteiger partial charge in [0.25, 0.3) is 0 Å². The maximum Gasteiger partial charge on any atom is 0.334 e. The Balaban J connectivity index is 2.69. The van der Waals surface area contributed by atoms with Gasteiger partial charge in [0.1, 0.15) is 5.69 Å². The van der Waals surface area contributed by atoms with Crippen molar-refractivity contribution in [1.82, 2.24) is 9.78 Å². The molecule has 0 aliphatic carbocycles. The van der Waals surface area contributed by atoms with Gasteiger partial charge in [0.05, 0.1) is 10.6 Å². The van der Waals surface area contributed by atoms with Gasteiger partial charge in [0.2, 0.25) is 5.82 Å². The first-order valence-corrected chi connectivity index (χ1v) is 6.91. The standard InChI is InChI=1S/C13H15BrN4O2/c1-7(2)11-12(18(19)20)13(15)17(16-11)10-5-4-9(14)6-8(10)3/h4-7H,15H2,1-3H3. The van der Waals surface area contributed by atoms with Crippen LogP contribution in [0.15, 0.2) is 22.7 Å². The fourth-order valence-electron chi connectivity index (χ4n) is 2.06. The summed E-state index contributed by atoms with van der Waals surface area (Å²) >= 11 is 3.38. The van der Waals surface area contributed by atoms with Gasteiger partial charge in [0, 0.05) is 10.4 Å². The van der Waals surface area contributed by atoms with Crippen molar-refractivity contribution in [3.8, 4) is 5.69 Å². The van der Waals surface area contributed by atoms with Crippen molar-refractivity contribution in [3.63, 3.8) is 0 Å². The predicted octanol–water partition coefficient (Wildman–Crippen LogP) is 3.56. The Morgan fingerprint density at radius 3 is 2.55 bits per heavy atom. The lowest BCUT2D eigenvalue weighted by atomic mass is 10.1. The van der Waals surface area contributed by atoms with Gasteiger partial charge in [-0.1, -0.05) is 29.8 Å². The maximum atomic E-state index is 11.2. The minimum Gasteiger partial charge on any atom is -0.378 e. The number of aromatic nitrogens is 2. The molecule has 2 rings (SSSR count). The molecule has 2 N–H and O–H groups in total. The Labute approximate surface area is 124 Å². The summed E-state index contributed by atoms with van der Waals surface area (Å²) in [7, 11) is 0. The van der Waals surface area contributed by atoms with Gasteiger partial charge in [-0.15, -0.1) is 0 Å². The molecule has 20 heavy (non-hydrogen) atoms. The van der Waals surface area contributed by atoms with E-state index in [2.05, 4.69) is 21.0 Å². The molecule has 0 saturated carbocycles. The third-order valence-electron chi connectivity index (χ3n) is 3.04. The van der Waals surface area contributed by atoms with Gasteiger partial charge in [-0.2, -0.15) is 5.10 Å². The van der Waals surface area contributed by atoms with E-state index in [1.165, 1.54) is 4.68 Å². The zero-order valence-corrected chi connectivity index (χ0v) is 13.0. The average Bonchev–Trinajstić information content (AvgIpc) is 2.67. The van der Waals surface area contributed by atoms with Crippen LogP contribution in [0.3, 0.4) is 0 Å². The average molecular weight is 339 g/mol. The van der Waals surface area contributed by atoms with Gasteiger partial charge in [-0.05, 0) is 30.7 Å². The molecule has 0 aliphatic rings. The highest BCUT2D eigenvalue weighted by molar-refractivity contribution is 9.10. The molecule has 0 radical (unpaired) electrons. The van der Waals surface area contributed by atoms with Gasteiger partial charge in [-0.25, -0.2) is 4.68 Å². The smallest absolute Gasteiger partial charge is 0.334 e. The number of nitrogen functional groups attached to an aromatic ring is 1. The molecule has 0 spiro atoms. The summed E-state index contributed by atoms with van der Waals surface area (Å²) in [6, 6.07) is 5.60. The first kappa shape index (κ1) is 14.5. The molecule has 0 bridgehead atoms. The normalized spacial score (nSPS) is 11.1. The summed E-state index contributed by atoms with van der Waals surface area (Å²) in [6.07, 6.45) is 0. The van der Waals surface area contributed by atoms with Crippen LogP contribution in [0, 0.1) is 17.0 Å². The SMILES string of the molecule is Cc1cc(Br)ccc1-n1nc(C(C)C)c([N+](=O)[O-])c1N. The fourth-order valence-corrected chi connectivity index (χ4v) is 2.53. The van der Waals surface area contributed by atoms with Crippen molar-refractivity contribution in [1.29, 1.82) is 0 Å². The van der Waals surface area contributed by atoms with Crippen LogP contribution in [0.5, 0.6) is 0 Å². The van der Waals surface area contributed by atoms with Crippen molar-refractivity contribution in [2.75, 3.05) is 5.73 Å². The first-order chi connectivity index (χ1) is 9.32. The molecular formula is C13H15BrN4O2. The summed E-state index contributed by atoms with van der Waals surface area (Å²) in [5.74, 6) is -0.0150. The van der Waals surface area contributed by atoms with Crippen molar-refractivity contribution >= 4 is 27.4 Å². The minimum absolute atomic E-state index is 0.0594. The molecule has 0 unspecified atom stereocenters. The Morgan fingerprint density at radius 2 is 2.10 bits per heavy atom. The fraction of sp³-hybridized carbons (Fsp3) is 0.308. The summed E-state index contributed by atoms with van der Waals surface area (Å²) in [5.41, 5.74) is 7.88. The summed E-state index contributed by atoms with van der Waals surface area (Å²) < 4.78 is 2.37. The second-order valence-corrected chi connectivity index (χ2v) is 5.79. The number of nitro groups is 1. The highest BCUT2D eigenvalue weighted by Gasteiger charge is 2.28. The van der Waals surface area contributed by atoms with E-state index in [1.807, 2.05) is 39.0 Å². The molecule has 2 aromatic rings. The van der Waals surface area contributed by atoms with Crippen LogP contribution in [0.2, 0.25) is 0 Å². The largest absolute Gasteiger partial charge is 0.378 e. The van der Waals surface area contributed by atoms with Crippen molar-refractivity contribution < 1.29 is 4.92 Å². The minimum atomic E-state index is -0.470. The number of halogens is 1. The van der Waals surface area contributed by atoms with E-state index in [0.717, 1.165) is 15.7 Å². The third kappa shape index (κ3) is 2.40. The molecule has 1 aromatic carbocycles. The number of rotatable bonds is 3. The molecule has 7 heteroatoms. The lowest BCUT2D eigenvalue weighted by molar-refractivity contribution is -0.384. The van der Waals surface area contributed by atoms with E-state index in [0.29, 0.717) is 5.69 Å². The van der Waals surface area contributed by atoms with Crippen LogP contribution in [-0.4, -0.2) is 14.7 Å². The van der Waals surface area contributed by atoms with Gasteiger partial charge >= 0.3 is 5.69 Å². The summed E-state index contributed by atoms with van der Waals surface area (Å²) in [6.45, 7) is 5.61. The van der Waals surface area contributed by atoms with Crippen molar-refractivity contribution in [3.05, 3.63) is 44.0 Å². The molecule has 106 valence electrons. The van der Waals surface area contributed by atoms with Crippen LogP contribution >= 0.6 is 15.9 Å². The van der Waals surface area contributed by atoms with Gasteiger partial charge in [-0.3, -0.25) is 10.1 Å². The predicted molar refractivity (Wildman–Crippen MR) is 81.2 cm³/mol. The molecular weight excluding hydrogens is 324 g/mol. The van der Waals surface area contributed by atoms with E-state index in [1.54, 1.807) is 0 Å². The highest BCUT2D eigenvalue weighted by atomic mass is 79.9.